The summed E-state index contributed by atoms with van der Waals surface area (Å²) in [5.41, 5.74) is 7.25. The van der Waals surface area contributed by atoms with Gasteiger partial charge in [-0.25, -0.2) is 9.97 Å². The van der Waals surface area contributed by atoms with E-state index in [1.807, 2.05) is 24.3 Å². The second-order valence-corrected chi connectivity index (χ2v) is 2.63. The summed E-state index contributed by atoms with van der Waals surface area (Å²) in [4.78, 5) is 8.10. The summed E-state index contributed by atoms with van der Waals surface area (Å²) in [6, 6.07) is 9.09. The lowest BCUT2D eigenvalue weighted by atomic mass is 10.2. The van der Waals surface area contributed by atoms with Gasteiger partial charge in [0, 0.05) is 17.4 Å². The third-order valence-corrected chi connectivity index (χ3v) is 1.69. The monoisotopic (exact) mass is 170 g/mol. The Morgan fingerprint density at radius 3 is 2.54 bits per heavy atom. The van der Waals surface area contributed by atoms with Crippen LogP contribution in [0.4, 0.5) is 5.69 Å². The summed E-state index contributed by atoms with van der Waals surface area (Å²) in [7, 11) is 0. The first-order chi connectivity index (χ1) is 6.36. The molecule has 0 saturated heterocycles. The summed E-state index contributed by atoms with van der Waals surface area (Å²) < 4.78 is 0. The quantitative estimate of drug-likeness (QED) is 0.660. The maximum absolute atomic E-state index is 5.56. The van der Waals surface area contributed by atoms with Crippen LogP contribution in [-0.2, 0) is 0 Å². The van der Waals surface area contributed by atoms with Crippen molar-refractivity contribution in [3.05, 3.63) is 42.7 Å². The Morgan fingerprint density at radius 1 is 1.15 bits per heavy atom. The van der Waals surface area contributed by atoms with Gasteiger partial charge in [-0.1, -0.05) is 0 Å². The molecule has 0 spiro atoms. The molecule has 13 heavy (non-hydrogen) atoms. The van der Waals surface area contributed by atoms with Crippen molar-refractivity contribution in [1.82, 2.24) is 9.97 Å². The summed E-state index contributed by atoms with van der Waals surface area (Å²) in [5, 5.41) is 0. The van der Waals surface area contributed by atoms with Crippen LogP contribution in [0.15, 0.2) is 36.5 Å². The summed E-state index contributed by atoms with van der Waals surface area (Å²) in [6.07, 6.45) is 4.40. The number of aromatic nitrogens is 2. The van der Waals surface area contributed by atoms with E-state index < -0.39 is 0 Å². The number of hydrogen-bond acceptors (Lipinski definition) is 3. The van der Waals surface area contributed by atoms with Crippen molar-refractivity contribution in [2.24, 2.45) is 0 Å². The fourth-order valence-corrected chi connectivity index (χ4v) is 1.04. The molecule has 0 amide bonds. The predicted octanol–water partition coefficient (Wildman–Crippen LogP) is 1.53. The van der Waals surface area contributed by atoms with Crippen LogP contribution in [0, 0.1) is 6.20 Å². The van der Waals surface area contributed by atoms with Crippen LogP contribution in [0.2, 0.25) is 0 Å². The van der Waals surface area contributed by atoms with Crippen LogP contribution in [0.3, 0.4) is 0 Å². The molecule has 2 rings (SSSR count). The predicted molar refractivity (Wildman–Crippen MR) is 50.7 cm³/mol. The van der Waals surface area contributed by atoms with Crippen molar-refractivity contribution >= 4 is 5.69 Å². The number of hydrogen-bond donors (Lipinski definition) is 1. The van der Waals surface area contributed by atoms with Gasteiger partial charge in [-0.05, 0) is 30.3 Å². The van der Waals surface area contributed by atoms with E-state index in [1.54, 1.807) is 12.3 Å². The largest absolute Gasteiger partial charge is 0.399 e. The molecule has 0 atom stereocenters. The Morgan fingerprint density at radius 2 is 1.92 bits per heavy atom. The standard InChI is InChI=1S/C10H8N3/c11-9-4-2-8(3-5-9)10-12-6-1-7-13-10/h1-6H,11H2. The number of nitrogens with two attached hydrogens (primary N) is 1. The molecule has 0 fully saturated rings. The zero-order chi connectivity index (χ0) is 9.10. The molecular formula is C10H8N3. The van der Waals surface area contributed by atoms with Crippen molar-refractivity contribution in [3.8, 4) is 11.4 Å². The second kappa shape index (κ2) is 3.23. The maximum atomic E-state index is 5.56. The molecule has 3 heteroatoms. The molecule has 1 radical (unpaired) electrons. The number of benzene rings is 1. The molecule has 1 heterocycles. The lowest BCUT2D eigenvalue weighted by Crippen LogP contribution is -1.88. The van der Waals surface area contributed by atoms with E-state index in [4.69, 9.17) is 5.73 Å². The molecule has 0 unspecified atom stereocenters. The van der Waals surface area contributed by atoms with E-state index in [-0.39, 0.29) is 0 Å². The van der Waals surface area contributed by atoms with E-state index in [0.29, 0.717) is 5.82 Å². The lowest BCUT2D eigenvalue weighted by Gasteiger charge is -1.98. The minimum atomic E-state index is 0.669. The first-order valence-corrected chi connectivity index (χ1v) is 3.91. The van der Waals surface area contributed by atoms with E-state index in [1.165, 1.54) is 0 Å². The van der Waals surface area contributed by atoms with E-state index in [9.17, 15) is 0 Å². The minimum absolute atomic E-state index is 0.669. The van der Waals surface area contributed by atoms with Crippen LogP contribution >= 0.6 is 0 Å². The van der Waals surface area contributed by atoms with Crippen molar-refractivity contribution in [3.63, 3.8) is 0 Å². The van der Waals surface area contributed by atoms with Crippen LogP contribution in [-0.4, -0.2) is 9.97 Å². The van der Waals surface area contributed by atoms with Gasteiger partial charge < -0.3 is 5.73 Å². The number of anilines is 1. The Balaban J connectivity index is 2.42. The van der Waals surface area contributed by atoms with Crippen LogP contribution in [0.1, 0.15) is 0 Å². The van der Waals surface area contributed by atoms with Crippen LogP contribution in [0.5, 0.6) is 0 Å². The molecule has 0 aliphatic heterocycles. The summed E-state index contributed by atoms with van der Waals surface area (Å²) in [6.45, 7) is 0. The second-order valence-electron chi connectivity index (χ2n) is 2.63. The highest BCUT2D eigenvalue weighted by atomic mass is 14.8. The van der Waals surface area contributed by atoms with Gasteiger partial charge in [0.1, 0.15) is 0 Å². The molecule has 1 aromatic heterocycles. The Hall–Kier alpha value is -1.90. The lowest BCUT2D eigenvalue weighted by molar-refractivity contribution is 1.17. The van der Waals surface area contributed by atoms with Crippen molar-refractivity contribution < 1.29 is 0 Å². The van der Waals surface area contributed by atoms with Gasteiger partial charge in [0.05, 0.1) is 6.20 Å². The minimum Gasteiger partial charge on any atom is -0.399 e. The average molecular weight is 170 g/mol. The Labute approximate surface area is 76.3 Å². The highest BCUT2D eigenvalue weighted by Gasteiger charge is 1.97. The Bertz CT molecular complexity index is 381. The molecule has 2 aromatic rings. The van der Waals surface area contributed by atoms with Gasteiger partial charge in [-0.2, -0.15) is 0 Å². The number of nitrogen functional groups attached to an aromatic ring is 1. The maximum Gasteiger partial charge on any atom is 0.159 e. The summed E-state index contributed by atoms with van der Waals surface area (Å²) >= 11 is 0. The smallest absolute Gasteiger partial charge is 0.159 e. The molecule has 0 aliphatic carbocycles. The van der Waals surface area contributed by atoms with Gasteiger partial charge in [0.2, 0.25) is 0 Å². The van der Waals surface area contributed by atoms with E-state index >= 15 is 0 Å². The summed E-state index contributed by atoms with van der Waals surface area (Å²) in [5.74, 6) is 0.669. The first-order valence-electron chi connectivity index (χ1n) is 3.91. The van der Waals surface area contributed by atoms with Crippen molar-refractivity contribution in [1.29, 1.82) is 0 Å². The number of rotatable bonds is 1. The molecule has 3 nitrogen and oxygen atoms in total. The van der Waals surface area contributed by atoms with Gasteiger partial charge in [0.15, 0.2) is 5.82 Å². The third kappa shape index (κ3) is 1.64. The van der Waals surface area contributed by atoms with Crippen LogP contribution in [0.25, 0.3) is 11.4 Å². The molecule has 0 bridgehead atoms. The fraction of sp³-hybridized carbons (Fsp3) is 0. The molecular weight excluding hydrogens is 162 g/mol. The SMILES string of the molecule is Nc1ccc(-c2n[c]ccn2)cc1. The Kier molecular flexibility index (Phi) is 1.92. The molecule has 63 valence electrons. The highest BCUT2D eigenvalue weighted by molar-refractivity contribution is 5.57. The average Bonchev–Trinajstić information content (AvgIpc) is 2.20. The topological polar surface area (TPSA) is 51.8 Å². The van der Waals surface area contributed by atoms with Crippen molar-refractivity contribution in [2.45, 2.75) is 0 Å². The third-order valence-electron chi connectivity index (χ3n) is 1.69. The first kappa shape index (κ1) is 7.73. The molecule has 1 aromatic carbocycles. The van der Waals surface area contributed by atoms with Gasteiger partial charge in [0.25, 0.3) is 0 Å². The fourth-order valence-electron chi connectivity index (χ4n) is 1.04. The highest BCUT2D eigenvalue weighted by Crippen LogP contribution is 2.14. The number of nitrogens with zero attached hydrogens (tertiary/aromatic N) is 2. The molecule has 2 N–H and O–H groups in total. The zero-order valence-corrected chi connectivity index (χ0v) is 6.94. The van der Waals surface area contributed by atoms with E-state index in [2.05, 4.69) is 16.2 Å². The normalized spacial score (nSPS) is 9.85. The zero-order valence-electron chi connectivity index (χ0n) is 6.94. The molecule has 0 saturated carbocycles. The van der Waals surface area contributed by atoms with Crippen LogP contribution < -0.4 is 5.73 Å². The van der Waals surface area contributed by atoms with Gasteiger partial charge in [-0.3, -0.25) is 0 Å². The van der Waals surface area contributed by atoms with Gasteiger partial charge in [-0.15, -0.1) is 0 Å². The van der Waals surface area contributed by atoms with E-state index in [0.717, 1.165) is 11.3 Å². The molecule has 0 aliphatic rings. The van der Waals surface area contributed by atoms with Gasteiger partial charge >= 0.3 is 0 Å². The van der Waals surface area contributed by atoms with Crippen molar-refractivity contribution in [2.75, 3.05) is 5.73 Å².